The number of benzene rings is 1. The van der Waals surface area contributed by atoms with Crippen molar-refractivity contribution in [2.24, 2.45) is 0 Å². The topological polar surface area (TPSA) is 104 Å². The van der Waals surface area contributed by atoms with Crippen molar-refractivity contribution >= 4 is 23.1 Å². The Bertz CT molecular complexity index is 648. The highest BCUT2D eigenvalue weighted by Crippen LogP contribution is 2.34. The number of hydrogen-bond acceptors (Lipinski definition) is 6. The van der Waals surface area contributed by atoms with E-state index in [2.05, 4.69) is 9.97 Å². The largest absolute Gasteiger partial charge is 0.431 e. The second-order valence-corrected chi connectivity index (χ2v) is 4.10. The molecule has 0 unspecified atom stereocenters. The van der Waals surface area contributed by atoms with E-state index in [1.807, 2.05) is 0 Å². The number of nitro groups is 1. The van der Waals surface area contributed by atoms with Gasteiger partial charge in [0.05, 0.1) is 10.5 Å². The lowest BCUT2D eigenvalue weighted by Crippen LogP contribution is -2.00. The first-order chi connectivity index (χ1) is 8.99. The molecule has 0 saturated carbocycles. The molecule has 2 aromatic rings. The van der Waals surface area contributed by atoms with E-state index in [1.54, 1.807) is 6.92 Å². The Hall–Kier alpha value is -2.41. The first kappa shape index (κ1) is 13.0. The highest BCUT2D eigenvalue weighted by Gasteiger charge is 2.18. The Morgan fingerprint density at radius 3 is 2.84 bits per heavy atom. The van der Waals surface area contributed by atoms with E-state index in [9.17, 15) is 10.1 Å². The molecular formula is C11H9ClN4O3. The number of anilines is 1. The molecule has 0 aliphatic carbocycles. The molecule has 19 heavy (non-hydrogen) atoms. The summed E-state index contributed by atoms with van der Waals surface area (Å²) in [6, 6.07) is 4.02. The van der Waals surface area contributed by atoms with E-state index in [1.165, 1.54) is 24.5 Å². The van der Waals surface area contributed by atoms with Gasteiger partial charge in [0, 0.05) is 17.2 Å². The molecule has 0 aliphatic rings. The molecule has 0 atom stereocenters. The molecule has 0 aliphatic heterocycles. The fourth-order valence-corrected chi connectivity index (χ4v) is 1.54. The van der Waals surface area contributed by atoms with Crippen LogP contribution in [0.5, 0.6) is 11.6 Å². The number of halogens is 1. The predicted octanol–water partition coefficient (Wildman–Crippen LogP) is 2.72. The average molecular weight is 281 g/mol. The highest BCUT2D eigenvalue weighted by molar-refractivity contribution is 6.30. The molecule has 2 rings (SSSR count). The normalized spacial score (nSPS) is 10.2. The smallest absolute Gasteiger partial charge is 0.311 e. The summed E-state index contributed by atoms with van der Waals surface area (Å²) in [5.74, 6) is 0.395. The van der Waals surface area contributed by atoms with Gasteiger partial charge in [-0.25, -0.2) is 9.97 Å². The number of nitrogens with two attached hydrogens (primary N) is 1. The zero-order valence-corrected chi connectivity index (χ0v) is 10.6. The molecule has 1 aromatic heterocycles. The van der Waals surface area contributed by atoms with Crippen LogP contribution in [0.4, 0.5) is 11.5 Å². The summed E-state index contributed by atoms with van der Waals surface area (Å²) in [6.45, 7) is 1.65. The maximum Gasteiger partial charge on any atom is 0.311 e. The first-order valence-electron chi connectivity index (χ1n) is 5.18. The van der Waals surface area contributed by atoms with E-state index < -0.39 is 4.92 Å². The van der Waals surface area contributed by atoms with Gasteiger partial charge in [-0.15, -0.1) is 0 Å². The summed E-state index contributed by atoms with van der Waals surface area (Å²) >= 11 is 5.80. The van der Waals surface area contributed by atoms with Crippen molar-refractivity contribution in [1.82, 2.24) is 9.97 Å². The molecule has 0 bridgehead atoms. The highest BCUT2D eigenvalue weighted by atomic mass is 35.5. The average Bonchev–Trinajstić information content (AvgIpc) is 2.35. The van der Waals surface area contributed by atoms with Crippen molar-refractivity contribution in [2.75, 3.05) is 5.73 Å². The van der Waals surface area contributed by atoms with Crippen LogP contribution < -0.4 is 10.5 Å². The summed E-state index contributed by atoms with van der Waals surface area (Å²) in [7, 11) is 0. The second kappa shape index (κ2) is 5.07. The van der Waals surface area contributed by atoms with Crippen LogP contribution in [0.25, 0.3) is 0 Å². The molecule has 2 N–H and O–H groups in total. The van der Waals surface area contributed by atoms with Crippen LogP contribution in [-0.4, -0.2) is 14.9 Å². The van der Waals surface area contributed by atoms with E-state index in [0.717, 1.165) is 0 Å². The van der Waals surface area contributed by atoms with Gasteiger partial charge < -0.3 is 10.5 Å². The van der Waals surface area contributed by atoms with Gasteiger partial charge in [0.2, 0.25) is 11.6 Å². The molecule has 0 saturated heterocycles. The van der Waals surface area contributed by atoms with Crippen LogP contribution >= 0.6 is 11.6 Å². The Morgan fingerprint density at radius 1 is 1.42 bits per heavy atom. The van der Waals surface area contributed by atoms with Crippen molar-refractivity contribution in [2.45, 2.75) is 6.92 Å². The third kappa shape index (κ3) is 2.71. The molecule has 1 heterocycles. The zero-order chi connectivity index (χ0) is 14.0. The third-order valence-corrected chi connectivity index (χ3v) is 2.64. The molecule has 98 valence electrons. The Balaban J connectivity index is 2.45. The Labute approximate surface area is 113 Å². The minimum absolute atomic E-state index is 0.00120. The van der Waals surface area contributed by atoms with Gasteiger partial charge in [0.15, 0.2) is 0 Å². The molecule has 0 radical (unpaired) electrons. The van der Waals surface area contributed by atoms with Gasteiger partial charge in [-0.05, 0) is 13.0 Å². The third-order valence-electron chi connectivity index (χ3n) is 2.40. The Kier molecular flexibility index (Phi) is 3.48. The van der Waals surface area contributed by atoms with Crippen LogP contribution in [0.3, 0.4) is 0 Å². The summed E-state index contributed by atoms with van der Waals surface area (Å²) in [5.41, 5.74) is 5.90. The SMILES string of the molecule is Cc1c(N)ncnc1Oc1cc(Cl)ccc1[N+](=O)[O-]. The maximum absolute atomic E-state index is 10.9. The zero-order valence-electron chi connectivity index (χ0n) is 9.83. The van der Waals surface area contributed by atoms with Crippen LogP contribution in [0, 0.1) is 17.0 Å². The van der Waals surface area contributed by atoms with Crippen molar-refractivity contribution < 1.29 is 9.66 Å². The molecular weight excluding hydrogens is 272 g/mol. The molecule has 0 amide bonds. The number of rotatable bonds is 3. The summed E-state index contributed by atoms with van der Waals surface area (Å²) in [5, 5.41) is 11.2. The number of nitrogens with zero attached hydrogens (tertiary/aromatic N) is 3. The van der Waals surface area contributed by atoms with Crippen molar-refractivity contribution in [3.05, 3.63) is 45.2 Å². The lowest BCUT2D eigenvalue weighted by molar-refractivity contribution is -0.385. The van der Waals surface area contributed by atoms with Crippen molar-refractivity contribution in [3.63, 3.8) is 0 Å². The van der Waals surface area contributed by atoms with Gasteiger partial charge >= 0.3 is 5.69 Å². The minimum Gasteiger partial charge on any atom is -0.431 e. The number of ether oxygens (including phenoxy) is 1. The van der Waals surface area contributed by atoms with Crippen LogP contribution in [0.1, 0.15) is 5.56 Å². The van der Waals surface area contributed by atoms with Crippen molar-refractivity contribution in [1.29, 1.82) is 0 Å². The fraction of sp³-hybridized carbons (Fsp3) is 0.0909. The number of hydrogen-bond donors (Lipinski definition) is 1. The minimum atomic E-state index is -0.564. The summed E-state index contributed by atoms with van der Waals surface area (Å²) in [4.78, 5) is 18.0. The Morgan fingerprint density at radius 2 is 2.16 bits per heavy atom. The standard InChI is InChI=1S/C11H9ClN4O3/c1-6-10(13)14-5-15-11(6)19-9-4-7(12)2-3-8(9)16(17)18/h2-5H,1H3,(H2,13,14,15). The first-order valence-corrected chi connectivity index (χ1v) is 5.55. The number of nitrogen functional groups attached to an aromatic ring is 1. The van der Waals surface area contributed by atoms with E-state index in [0.29, 0.717) is 10.6 Å². The van der Waals surface area contributed by atoms with E-state index in [-0.39, 0.29) is 23.1 Å². The van der Waals surface area contributed by atoms with Crippen LogP contribution in [0.2, 0.25) is 5.02 Å². The van der Waals surface area contributed by atoms with E-state index in [4.69, 9.17) is 22.1 Å². The lowest BCUT2D eigenvalue weighted by atomic mass is 10.3. The number of nitro benzene ring substituents is 1. The number of aromatic nitrogens is 2. The van der Waals surface area contributed by atoms with Gasteiger partial charge in [-0.2, -0.15) is 0 Å². The van der Waals surface area contributed by atoms with Gasteiger partial charge in [-0.3, -0.25) is 10.1 Å². The van der Waals surface area contributed by atoms with Crippen LogP contribution in [-0.2, 0) is 0 Å². The van der Waals surface area contributed by atoms with Crippen molar-refractivity contribution in [3.8, 4) is 11.6 Å². The van der Waals surface area contributed by atoms with Crippen LogP contribution in [0.15, 0.2) is 24.5 Å². The fourth-order valence-electron chi connectivity index (χ4n) is 1.37. The summed E-state index contributed by atoms with van der Waals surface area (Å²) in [6.07, 6.45) is 1.22. The lowest BCUT2D eigenvalue weighted by Gasteiger charge is -2.08. The van der Waals surface area contributed by atoms with Gasteiger partial charge in [0.1, 0.15) is 12.1 Å². The molecule has 0 spiro atoms. The monoisotopic (exact) mass is 280 g/mol. The molecule has 8 heteroatoms. The predicted molar refractivity (Wildman–Crippen MR) is 69.4 cm³/mol. The molecule has 1 aromatic carbocycles. The van der Waals surface area contributed by atoms with E-state index >= 15 is 0 Å². The molecule has 0 fully saturated rings. The molecule has 7 nitrogen and oxygen atoms in total. The van der Waals surface area contributed by atoms with Gasteiger partial charge in [-0.1, -0.05) is 11.6 Å². The summed E-state index contributed by atoms with van der Waals surface area (Å²) < 4.78 is 5.41. The maximum atomic E-state index is 10.9. The van der Waals surface area contributed by atoms with Gasteiger partial charge in [0.25, 0.3) is 0 Å². The second-order valence-electron chi connectivity index (χ2n) is 3.66. The quantitative estimate of drug-likeness (QED) is 0.684.